The van der Waals surface area contributed by atoms with E-state index in [-0.39, 0.29) is 10.8 Å². The number of rotatable bonds is 8. The average Bonchev–Trinajstić information content (AvgIpc) is 2.42. The summed E-state index contributed by atoms with van der Waals surface area (Å²) in [5.41, 5.74) is 1.10. The van der Waals surface area contributed by atoms with E-state index < -0.39 is 0 Å². The number of hydrogen-bond acceptors (Lipinski definition) is 1. The van der Waals surface area contributed by atoms with Crippen LogP contribution in [0.25, 0.3) is 0 Å². The monoisotopic (exact) mass is 285 g/mol. The van der Waals surface area contributed by atoms with E-state index in [1.165, 1.54) is 31.7 Å². The Morgan fingerprint density at radius 1 is 1.32 bits per heavy atom. The minimum Gasteiger partial charge on any atom is -0.316 e. The van der Waals surface area contributed by atoms with Crippen LogP contribution in [0.4, 0.5) is 4.39 Å². The van der Waals surface area contributed by atoms with Gasteiger partial charge in [0.1, 0.15) is 5.82 Å². The highest BCUT2D eigenvalue weighted by molar-refractivity contribution is 6.30. The summed E-state index contributed by atoms with van der Waals surface area (Å²) in [6.45, 7) is 4.46. The zero-order valence-corrected chi connectivity index (χ0v) is 12.9. The summed E-state index contributed by atoms with van der Waals surface area (Å²) in [5.74, 6) is 0.318. The predicted octanol–water partition coefficient (Wildman–Crippen LogP) is 4.83. The van der Waals surface area contributed by atoms with Gasteiger partial charge in [-0.25, -0.2) is 4.39 Å². The van der Waals surface area contributed by atoms with Crippen molar-refractivity contribution < 1.29 is 4.39 Å². The van der Waals surface area contributed by atoms with E-state index in [4.69, 9.17) is 11.6 Å². The lowest BCUT2D eigenvalue weighted by Gasteiger charge is -2.26. The Balaban J connectivity index is 2.70. The lowest BCUT2D eigenvalue weighted by molar-refractivity contribution is 0.330. The molecule has 0 saturated carbocycles. The molecular weight excluding hydrogens is 261 g/mol. The van der Waals surface area contributed by atoms with Gasteiger partial charge in [-0.2, -0.15) is 0 Å². The summed E-state index contributed by atoms with van der Waals surface area (Å²) >= 11 is 5.84. The van der Waals surface area contributed by atoms with Crippen LogP contribution in [0.5, 0.6) is 0 Å². The Labute approximate surface area is 121 Å². The Bertz CT molecular complexity index is 381. The number of benzene rings is 1. The third kappa shape index (κ3) is 5.12. The molecule has 0 spiro atoms. The molecule has 0 amide bonds. The van der Waals surface area contributed by atoms with E-state index >= 15 is 0 Å². The first-order valence-corrected chi connectivity index (χ1v) is 7.61. The van der Waals surface area contributed by atoms with Crippen LogP contribution in [0.3, 0.4) is 0 Å². The molecule has 1 aromatic rings. The molecule has 0 bridgehead atoms. The highest BCUT2D eigenvalue weighted by Gasteiger charge is 2.18. The highest BCUT2D eigenvalue weighted by Crippen LogP contribution is 2.22. The first kappa shape index (κ1) is 16.5. The van der Waals surface area contributed by atoms with Crippen molar-refractivity contribution in [3.8, 4) is 0 Å². The van der Waals surface area contributed by atoms with Gasteiger partial charge in [-0.15, -0.1) is 0 Å². The Hall–Kier alpha value is -0.600. The van der Waals surface area contributed by atoms with Crippen LogP contribution in [0.2, 0.25) is 5.02 Å². The lowest BCUT2D eigenvalue weighted by Crippen LogP contribution is -2.35. The second kappa shape index (κ2) is 8.55. The van der Waals surface area contributed by atoms with Crippen LogP contribution in [0.1, 0.15) is 45.1 Å². The van der Waals surface area contributed by atoms with Crippen LogP contribution in [0, 0.1) is 11.7 Å². The smallest absolute Gasteiger partial charge is 0.141 e. The maximum Gasteiger partial charge on any atom is 0.141 e. The maximum absolute atomic E-state index is 13.2. The average molecular weight is 286 g/mol. The fourth-order valence-electron chi connectivity index (χ4n) is 2.58. The highest BCUT2D eigenvalue weighted by atomic mass is 35.5. The molecule has 1 aromatic carbocycles. The molecule has 108 valence electrons. The molecule has 0 aromatic heterocycles. The summed E-state index contributed by atoms with van der Waals surface area (Å²) < 4.78 is 13.2. The zero-order chi connectivity index (χ0) is 14.3. The largest absolute Gasteiger partial charge is 0.316 e. The Kier molecular flexibility index (Phi) is 7.40. The third-order valence-electron chi connectivity index (χ3n) is 3.83. The summed E-state index contributed by atoms with van der Waals surface area (Å²) in [7, 11) is 2.00. The quantitative estimate of drug-likeness (QED) is 0.722. The minimum absolute atomic E-state index is 0.217. The van der Waals surface area contributed by atoms with Gasteiger partial charge in [0.05, 0.1) is 5.02 Å². The molecule has 2 atom stereocenters. The third-order valence-corrected chi connectivity index (χ3v) is 4.12. The Morgan fingerprint density at radius 3 is 2.58 bits per heavy atom. The first-order valence-electron chi connectivity index (χ1n) is 7.23. The van der Waals surface area contributed by atoms with Crippen molar-refractivity contribution in [2.24, 2.45) is 5.92 Å². The van der Waals surface area contributed by atoms with Crippen molar-refractivity contribution in [1.29, 1.82) is 0 Å². The van der Waals surface area contributed by atoms with Crippen LogP contribution in [0.15, 0.2) is 18.2 Å². The molecule has 0 radical (unpaired) electrons. The van der Waals surface area contributed by atoms with Crippen molar-refractivity contribution in [2.75, 3.05) is 7.05 Å². The molecule has 0 aliphatic heterocycles. The van der Waals surface area contributed by atoms with Crippen LogP contribution < -0.4 is 5.32 Å². The summed E-state index contributed by atoms with van der Waals surface area (Å²) in [6.07, 6.45) is 5.81. The predicted molar refractivity (Wildman–Crippen MR) is 81.3 cm³/mol. The molecule has 3 heteroatoms. The van der Waals surface area contributed by atoms with Gasteiger partial charge in [-0.3, -0.25) is 0 Å². The van der Waals surface area contributed by atoms with Gasteiger partial charge in [-0.1, -0.05) is 50.8 Å². The summed E-state index contributed by atoms with van der Waals surface area (Å²) in [6, 6.07) is 5.46. The molecule has 0 fully saturated rings. The SMILES string of the molecule is CCCCC(CC)C(Cc1ccc(F)c(Cl)c1)NC. The second-order valence-corrected chi connectivity index (χ2v) is 5.57. The van der Waals surface area contributed by atoms with Gasteiger partial charge in [0, 0.05) is 6.04 Å². The van der Waals surface area contributed by atoms with Gasteiger partial charge >= 0.3 is 0 Å². The molecule has 0 aliphatic rings. The molecule has 1 nitrogen and oxygen atoms in total. The fourth-order valence-corrected chi connectivity index (χ4v) is 2.78. The molecule has 1 N–H and O–H groups in total. The van der Waals surface area contributed by atoms with Gasteiger partial charge in [0.25, 0.3) is 0 Å². The summed E-state index contributed by atoms with van der Waals surface area (Å²) in [4.78, 5) is 0. The molecule has 0 aliphatic carbocycles. The number of unbranched alkanes of at least 4 members (excludes halogenated alkanes) is 1. The number of likely N-dealkylation sites (N-methyl/N-ethyl adjacent to an activating group) is 1. The normalized spacial score (nSPS) is 14.4. The molecule has 19 heavy (non-hydrogen) atoms. The number of nitrogens with one attached hydrogen (secondary N) is 1. The fraction of sp³-hybridized carbons (Fsp3) is 0.625. The zero-order valence-electron chi connectivity index (χ0n) is 12.2. The van der Waals surface area contributed by atoms with Gasteiger partial charge in [0.2, 0.25) is 0 Å². The number of halogens is 2. The van der Waals surface area contributed by atoms with Crippen molar-refractivity contribution in [1.82, 2.24) is 5.32 Å². The van der Waals surface area contributed by atoms with Crippen molar-refractivity contribution in [2.45, 2.75) is 52.0 Å². The van der Waals surface area contributed by atoms with E-state index in [1.807, 2.05) is 13.1 Å². The molecule has 1 rings (SSSR count). The van der Waals surface area contributed by atoms with Crippen molar-refractivity contribution in [3.05, 3.63) is 34.6 Å². The second-order valence-electron chi connectivity index (χ2n) is 5.16. The molecule has 0 saturated heterocycles. The van der Waals surface area contributed by atoms with E-state index in [2.05, 4.69) is 19.2 Å². The standard InChI is InChI=1S/C16H25ClFN/c1-4-6-7-13(5-2)16(19-3)11-12-8-9-15(18)14(17)10-12/h8-10,13,16,19H,4-7,11H2,1-3H3. The van der Waals surface area contributed by atoms with Crippen LogP contribution >= 0.6 is 11.6 Å². The molecule has 0 heterocycles. The van der Waals surface area contributed by atoms with Crippen molar-refractivity contribution >= 4 is 11.6 Å². The van der Waals surface area contributed by atoms with Gasteiger partial charge in [-0.05, 0) is 43.5 Å². The van der Waals surface area contributed by atoms with Crippen LogP contribution in [-0.2, 0) is 6.42 Å². The van der Waals surface area contributed by atoms with E-state index in [1.54, 1.807) is 6.07 Å². The Morgan fingerprint density at radius 2 is 2.05 bits per heavy atom. The molecular formula is C16H25ClFN. The topological polar surface area (TPSA) is 12.0 Å². The lowest BCUT2D eigenvalue weighted by atomic mass is 9.87. The minimum atomic E-state index is -0.343. The van der Waals surface area contributed by atoms with E-state index in [0.29, 0.717) is 12.0 Å². The van der Waals surface area contributed by atoms with Gasteiger partial charge < -0.3 is 5.32 Å². The van der Waals surface area contributed by atoms with Gasteiger partial charge in [0.15, 0.2) is 0 Å². The summed E-state index contributed by atoms with van der Waals surface area (Å²) in [5, 5.41) is 3.62. The van der Waals surface area contributed by atoms with E-state index in [9.17, 15) is 4.39 Å². The van der Waals surface area contributed by atoms with Crippen LogP contribution in [-0.4, -0.2) is 13.1 Å². The maximum atomic E-state index is 13.2. The molecule has 2 unspecified atom stereocenters. The number of hydrogen-bond donors (Lipinski definition) is 1. The van der Waals surface area contributed by atoms with Crippen molar-refractivity contribution in [3.63, 3.8) is 0 Å². The van der Waals surface area contributed by atoms with E-state index in [0.717, 1.165) is 12.0 Å². The first-order chi connectivity index (χ1) is 9.12.